The highest BCUT2D eigenvalue weighted by Crippen LogP contribution is 2.41. The summed E-state index contributed by atoms with van der Waals surface area (Å²) in [4.78, 5) is 21.4. The van der Waals surface area contributed by atoms with Crippen LogP contribution in [0.25, 0.3) is 15.9 Å². The van der Waals surface area contributed by atoms with Crippen LogP contribution in [0.4, 0.5) is 0 Å². The molecule has 1 N–H and O–H groups in total. The van der Waals surface area contributed by atoms with E-state index in [0.29, 0.717) is 11.6 Å². The lowest BCUT2D eigenvalue weighted by Crippen LogP contribution is -2.17. The average Bonchev–Trinajstić information content (AvgIpc) is 2.92. The molecule has 3 heterocycles. The molecule has 1 aliphatic carbocycles. The van der Waals surface area contributed by atoms with Crippen molar-refractivity contribution in [3.63, 3.8) is 0 Å². The van der Waals surface area contributed by atoms with Gasteiger partial charge >= 0.3 is 5.69 Å². The second kappa shape index (κ2) is 3.41. The van der Waals surface area contributed by atoms with Crippen LogP contribution in [0.2, 0.25) is 0 Å². The zero-order chi connectivity index (χ0) is 12.3. The summed E-state index contributed by atoms with van der Waals surface area (Å²) >= 11 is 1.70. The molecule has 4 rings (SSSR count). The number of aryl methyl sites for hydroxylation is 1. The summed E-state index contributed by atoms with van der Waals surface area (Å²) in [7, 11) is 0. The molecule has 6 heteroatoms. The number of nitrogens with one attached hydrogen (secondary N) is 1. The Kier molecular flexibility index (Phi) is 1.94. The van der Waals surface area contributed by atoms with Gasteiger partial charge in [-0.1, -0.05) is 6.92 Å². The van der Waals surface area contributed by atoms with Crippen LogP contribution in [-0.2, 0) is 6.42 Å². The summed E-state index contributed by atoms with van der Waals surface area (Å²) in [6.45, 7) is 2.25. The molecule has 0 radical (unpaired) electrons. The molecule has 3 aromatic rings. The highest BCUT2D eigenvalue weighted by molar-refractivity contribution is 7.19. The zero-order valence-electron chi connectivity index (χ0n) is 9.93. The van der Waals surface area contributed by atoms with Crippen molar-refractivity contribution < 1.29 is 0 Å². The van der Waals surface area contributed by atoms with Crippen molar-refractivity contribution in [2.45, 2.75) is 32.1 Å². The van der Waals surface area contributed by atoms with Gasteiger partial charge in [0.15, 0.2) is 5.65 Å². The van der Waals surface area contributed by atoms with Crippen LogP contribution in [-0.4, -0.2) is 19.6 Å². The van der Waals surface area contributed by atoms with Gasteiger partial charge in [0.25, 0.3) is 0 Å². The lowest BCUT2D eigenvalue weighted by Gasteiger charge is -2.18. The van der Waals surface area contributed by atoms with E-state index in [9.17, 15) is 4.79 Å². The molecule has 1 unspecified atom stereocenters. The third kappa shape index (κ3) is 1.18. The van der Waals surface area contributed by atoms with Crippen molar-refractivity contribution in [3.05, 3.63) is 27.3 Å². The van der Waals surface area contributed by atoms with Crippen molar-refractivity contribution in [3.8, 4) is 0 Å². The molecule has 3 aromatic heterocycles. The zero-order valence-corrected chi connectivity index (χ0v) is 10.8. The second-order valence-corrected chi connectivity index (χ2v) is 5.97. The fraction of sp³-hybridized carbons (Fsp3) is 0.417. The van der Waals surface area contributed by atoms with Gasteiger partial charge in [-0.25, -0.2) is 9.78 Å². The number of aromatic amines is 1. The summed E-state index contributed by atoms with van der Waals surface area (Å²) in [5.41, 5.74) is 1.86. The minimum atomic E-state index is -0.207. The first-order chi connectivity index (χ1) is 8.75. The van der Waals surface area contributed by atoms with Gasteiger partial charge in [0.05, 0.1) is 5.39 Å². The molecule has 92 valence electrons. The summed E-state index contributed by atoms with van der Waals surface area (Å²) in [6, 6.07) is 0. The Hall–Kier alpha value is -1.69. The smallest absolute Gasteiger partial charge is 0.297 e. The molecule has 1 atom stereocenters. The Bertz CT molecular complexity index is 813. The quantitative estimate of drug-likeness (QED) is 0.673. The van der Waals surface area contributed by atoms with Gasteiger partial charge in [-0.15, -0.1) is 11.3 Å². The van der Waals surface area contributed by atoms with Crippen LogP contribution in [0.1, 0.15) is 36.1 Å². The van der Waals surface area contributed by atoms with E-state index >= 15 is 0 Å². The monoisotopic (exact) mass is 260 g/mol. The SMILES string of the molecule is CC1CCCc2sc3[nH]c(=O)n4ncnc4c3c21. The summed E-state index contributed by atoms with van der Waals surface area (Å²) < 4.78 is 1.36. The summed E-state index contributed by atoms with van der Waals surface area (Å²) in [5.74, 6) is 0.536. The van der Waals surface area contributed by atoms with Gasteiger partial charge < -0.3 is 0 Å². The highest BCUT2D eigenvalue weighted by atomic mass is 32.1. The molecule has 0 spiro atoms. The lowest BCUT2D eigenvalue weighted by atomic mass is 9.87. The van der Waals surface area contributed by atoms with E-state index in [1.54, 1.807) is 11.3 Å². The minimum absolute atomic E-state index is 0.207. The third-order valence-electron chi connectivity index (χ3n) is 3.74. The molecule has 0 fully saturated rings. The maximum Gasteiger partial charge on any atom is 0.349 e. The van der Waals surface area contributed by atoms with Crippen LogP contribution in [0.5, 0.6) is 0 Å². The van der Waals surface area contributed by atoms with Crippen molar-refractivity contribution in [2.75, 3.05) is 0 Å². The van der Waals surface area contributed by atoms with Gasteiger partial charge in [0, 0.05) is 4.88 Å². The van der Waals surface area contributed by atoms with Gasteiger partial charge in [-0.3, -0.25) is 4.98 Å². The summed E-state index contributed by atoms with van der Waals surface area (Å²) in [5, 5.41) is 5.08. The number of rotatable bonds is 0. The Labute approximate surface area is 106 Å². The molecule has 0 saturated heterocycles. The topological polar surface area (TPSA) is 63.0 Å². The molecular weight excluding hydrogens is 248 g/mol. The predicted molar refractivity (Wildman–Crippen MR) is 70.3 cm³/mol. The van der Waals surface area contributed by atoms with Gasteiger partial charge in [-0.05, 0) is 30.7 Å². The van der Waals surface area contributed by atoms with E-state index in [1.807, 2.05) is 0 Å². The van der Waals surface area contributed by atoms with E-state index in [2.05, 4.69) is 22.0 Å². The van der Waals surface area contributed by atoms with E-state index in [1.165, 1.54) is 34.1 Å². The number of aromatic nitrogens is 4. The maximum atomic E-state index is 11.9. The van der Waals surface area contributed by atoms with Crippen LogP contribution in [0.3, 0.4) is 0 Å². The number of thiophene rings is 1. The lowest BCUT2D eigenvalue weighted by molar-refractivity contribution is 0.602. The fourth-order valence-electron chi connectivity index (χ4n) is 2.93. The van der Waals surface area contributed by atoms with Crippen molar-refractivity contribution in [2.24, 2.45) is 0 Å². The maximum absolute atomic E-state index is 11.9. The Morgan fingerprint density at radius 1 is 1.56 bits per heavy atom. The van der Waals surface area contributed by atoms with E-state index in [-0.39, 0.29) is 5.69 Å². The molecule has 0 aromatic carbocycles. The Balaban J connectivity index is 2.26. The summed E-state index contributed by atoms with van der Waals surface area (Å²) in [6.07, 6.45) is 5.00. The Morgan fingerprint density at radius 2 is 2.44 bits per heavy atom. The third-order valence-corrected chi connectivity index (χ3v) is 4.92. The molecule has 0 saturated carbocycles. The molecule has 0 bridgehead atoms. The molecule has 0 aliphatic heterocycles. The van der Waals surface area contributed by atoms with E-state index in [4.69, 9.17) is 0 Å². The minimum Gasteiger partial charge on any atom is -0.297 e. The first-order valence-electron chi connectivity index (χ1n) is 6.13. The normalized spacial score (nSPS) is 19.5. The van der Waals surface area contributed by atoms with Gasteiger partial charge in [0.1, 0.15) is 11.2 Å². The number of hydrogen-bond donors (Lipinski definition) is 1. The van der Waals surface area contributed by atoms with Crippen LogP contribution in [0.15, 0.2) is 11.1 Å². The second-order valence-electron chi connectivity index (χ2n) is 4.86. The molecule has 0 amide bonds. The molecule has 1 aliphatic rings. The van der Waals surface area contributed by atoms with Crippen molar-refractivity contribution >= 4 is 27.2 Å². The molecule has 18 heavy (non-hydrogen) atoms. The number of hydrogen-bond acceptors (Lipinski definition) is 4. The molecular formula is C12H12N4OS. The predicted octanol–water partition coefficient (Wildman–Crippen LogP) is 2.07. The Morgan fingerprint density at radius 3 is 3.33 bits per heavy atom. The van der Waals surface area contributed by atoms with Crippen LogP contribution >= 0.6 is 11.3 Å². The number of H-pyrrole nitrogens is 1. The van der Waals surface area contributed by atoms with Gasteiger partial charge in [-0.2, -0.15) is 9.61 Å². The van der Waals surface area contributed by atoms with Crippen LogP contribution < -0.4 is 5.69 Å². The highest BCUT2D eigenvalue weighted by Gasteiger charge is 2.24. The first kappa shape index (κ1) is 10.3. The molecule has 5 nitrogen and oxygen atoms in total. The van der Waals surface area contributed by atoms with Crippen molar-refractivity contribution in [1.82, 2.24) is 19.6 Å². The number of nitrogens with zero attached hydrogens (tertiary/aromatic N) is 3. The standard InChI is InChI=1S/C12H12N4OS/c1-6-3-2-4-7-8(6)9-10-13-5-14-16(10)12(17)15-11(9)18-7/h5-6H,2-4H2,1H3,(H,15,17). The number of fused-ring (bicyclic) bond motifs is 5. The van der Waals surface area contributed by atoms with Crippen molar-refractivity contribution in [1.29, 1.82) is 0 Å². The average molecular weight is 260 g/mol. The largest absolute Gasteiger partial charge is 0.349 e. The fourth-order valence-corrected chi connectivity index (χ4v) is 4.28. The van der Waals surface area contributed by atoms with E-state index < -0.39 is 0 Å². The van der Waals surface area contributed by atoms with E-state index in [0.717, 1.165) is 16.6 Å². The van der Waals surface area contributed by atoms with Gasteiger partial charge in [0.2, 0.25) is 0 Å². The van der Waals surface area contributed by atoms with Crippen LogP contribution in [0, 0.1) is 0 Å². The first-order valence-corrected chi connectivity index (χ1v) is 6.94.